The Labute approximate surface area is 149 Å². The highest BCUT2D eigenvalue weighted by atomic mass is 31.1. The molecule has 6 nitrogen and oxygen atoms in total. The summed E-state index contributed by atoms with van der Waals surface area (Å²) in [5, 5.41) is 8.95. The second-order valence-electron chi connectivity index (χ2n) is 6.68. The first-order valence-electron chi connectivity index (χ1n) is 8.71. The Balaban J connectivity index is 1.94. The summed E-state index contributed by atoms with van der Waals surface area (Å²) in [5.41, 5.74) is 1.02. The number of benzene rings is 1. The Hall–Kier alpha value is -1.33. The quantitative estimate of drug-likeness (QED) is 0.686. The molecule has 0 amide bonds. The summed E-state index contributed by atoms with van der Waals surface area (Å²) in [6.45, 7) is 3.21. The molecule has 0 aromatic heterocycles. The van der Waals surface area contributed by atoms with Crippen molar-refractivity contribution >= 4 is 14.0 Å². The topological polar surface area (TPSA) is 87.1 Å². The van der Waals surface area contributed by atoms with Crippen LogP contribution in [0.4, 0.5) is 0 Å². The van der Waals surface area contributed by atoms with Crippen LogP contribution in [-0.4, -0.2) is 58.9 Å². The number of carbonyl (C=O) groups is 1. The number of unbranched alkanes of at least 4 members (excludes halogenated alkanes) is 1. The lowest BCUT2D eigenvalue weighted by Gasteiger charge is -2.37. The molecule has 1 aliphatic heterocycles. The van der Waals surface area contributed by atoms with Gasteiger partial charge in [-0.15, -0.1) is 0 Å². The largest absolute Gasteiger partial charge is 0.511 e. The molecule has 2 rings (SSSR count). The summed E-state index contributed by atoms with van der Waals surface area (Å²) in [4.78, 5) is 22.7. The number of morpholine rings is 1. The smallest absolute Gasteiger partial charge is 0.478 e. The molecule has 1 heterocycles. The highest BCUT2D eigenvalue weighted by Crippen LogP contribution is 2.33. The standard InChI is InChI=1S/C18H26NO5P/c1-3-4-5-17(25(22)23)16-11-19(2)15(12-24-16)10-13-6-8-14(9-7-13)18(20)21/h6-9,15-17H,3-5,10-12H2,1-2H3,(H-,20,21,22,23)/p+1/t15-,16-,17?/m1/s1. The van der Waals surface area contributed by atoms with Gasteiger partial charge >= 0.3 is 14.0 Å². The van der Waals surface area contributed by atoms with E-state index in [2.05, 4.69) is 11.8 Å². The fraction of sp³-hybridized carbons (Fsp3) is 0.611. The fourth-order valence-corrected chi connectivity index (χ4v) is 4.07. The summed E-state index contributed by atoms with van der Waals surface area (Å²) >= 11 is 0. The normalized spacial score (nSPS) is 23.2. The van der Waals surface area contributed by atoms with Crippen molar-refractivity contribution in [3.05, 3.63) is 35.4 Å². The number of aromatic carboxylic acids is 1. The molecular formula is C18H27NO5P+. The number of carboxylic acids is 1. The molecule has 0 bridgehead atoms. The zero-order valence-corrected chi connectivity index (χ0v) is 15.7. The minimum absolute atomic E-state index is 0.176. The molecule has 0 aliphatic carbocycles. The monoisotopic (exact) mass is 368 g/mol. The number of hydrogen-bond acceptors (Lipinski definition) is 4. The third-order valence-corrected chi connectivity index (χ3v) is 5.99. The molecule has 2 N–H and O–H groups in total. The Kier molecular flexibility index (Phi) is 7.51. The molecule has 0 saturated carbocycles. The Morgan fingerprint density at radius 1 is 1.40 bits per heavy atom. The molecule has 138 valence electrons. The molecule has 7 heteroatoms. The average Bonchev–Trinajstić information content (AvgIpc) is 2.57. The molecule has 25 heavy (non-hydrogen) atoms. The minimum atomic E-state index is -2.25. The van der Waals surface area contributed by atoms with Crippen LogP contribution in [0.1, 0.15) is 42.1 Å². The number of ether oxygens (including phenoxy) is 1. The number of nitrogens with zero attached hydrogens (tertiary/aromatic N) is 1. The third-order valence-electron chi connectivity index (χ3n) is 4.83. The molecule has 1 aromatic carbocycles. The SMILES string of the molecule is CCCCC([C@H]1CN(C)[C@H](Cc2ccc(C(=O)O)cc2)CO1)[P+](=O)O. The van der Waals surface area contributed by atoms with Crippen LogP contribution in [0, 0.1) is 0 Å². The van der Waals surface area contributed by atoms with Gasteiger partial charge in [-0.25, -0.2) is 4.79 Å². The van der Waals surface area contributed by atoms with E-state index >= 15 is 0 Å². The maximum absolute atomic E-state index is 11.7. The number of rotatable bonds is 8. The number of hydrogen-bond donors (Lipinski definition) is 2. The van der Waals surface area contributed by atoms with Gasteiger partial charge in [-0.1, -0.05) is 25.5 Å². The summed E-state index contributed by atoms with van der Waals surface area (Å²) in [6.07, 6.45) is 3.18. The van der Waals surface area contributed by atoms with Crippen molar-refractivity contribution in [3.63, 3.8) is 0 Å². The van der Waals surface area contributed by atoms with Crippen LogP contribution in [0.15, 0.2) is 24.3 Å². The average molecular weight is 368 g/mol. The zero-order chi connectivity index (χ0) is 18.4. The van der Waals surface area contributed by atoms with E-state index in [0.717, 1.165) is 24.8 Å². The summed E-state index contributed by atoms with van der Waals surface area (Å²) < 4.78 is 17.6. The van der Waals surface area contributed by atoms with Crippen LogP contribution in [0.25, 0.3) is 0 Å². The maximum atomic E-state index is 11.7. The molecule has 1 saturated heterocycles. The van der Waals surface area contributed by atoms with Crippen LogP contribution < -0.4 is 0 Å². The molecule has 1 fully saturated rings. The Morgan fingerprint density at radius 3 is 2.60 bits per heavy atom. The first-order valence-corrected chi connectivity index (χ1v) is 9.99. The van der Waals surface area contributed by atoms with Crippen LogP contribution >= 0.6 is 8.03 Å². The fourth-order valence-electron chi connectivity index (χ4n) is 3.20. The van der Waals surface area contributed by atoms with Crippen LogP contribution in [-0.2, 0) is 15.7 Å². The molecule has 4 atom stereocenters. The second kappa shape index (κ2) is 9.39. The van der Waals surface area contributed by atoms with Gasteiger partial charge in [-0.05, 0) is 48.6 Å². The van der Waals surface area contributed by atoms with Crippen LogP contribution in [0.2, 0.25) is 0 Å². The van der Waals surface area contributed by atoms with Crippen molar-refractivity contribution in [2.45, 2.75) is 50.4 Å². The first kappa shape index (κ1) is 20.0. The predicted molar refractivity (Wildman–Crippen MR) is 96.4 cm³/mol. The summed E-state index contributed by atoms with van der Waals surface area (Å²) in [6, 6.07) is 7.06. The lowest BCUT2D eigenvalue weighted by Crippen LogP contribution is -2.51. The van der Waals surface area contributed by atoms with Crippen molar-refractivity contribution in [2.75, 3.05) is 20.2 Å². The van der Waals surface area contributed by atoms with Crippen molar-refractivity contribution in [1.82, 2.24) is 4.90 Å². The Bertz CT molecular complexity index is 592. The number of carboxylic acid groups (broad SMARTS) is 1. The van der Waals surface area contributed by atoms with Crippen molar-refractivity contribution in [3.8, 4) is 0 Å². The molecule has 0 radical (unpaired) electrons. The first-order chi connectivity index (χ1) is 11.9. The lowest BCUT2D eigenvalue weighted by atomic mass is 10.0. The molecular weight excluding hydrogens is 341 g/mol. The van der Waals surface area contributed by atoms with Gasteiger partial charge in [0.1, 0.15) is 6.10 Å². The second-order valence-corrected chi connectivity index (χ2v) is 7.95. The van der Waals surface area contributed by atoms with E-state index in [1.54, 1.807) is 12.1 Å². The van der Waals surface area contributed by atoms with Gasteiger partial charge in [-0.3, -0.25) is 4.90 Å². The van der Waals surface area contributed by atoms with Gasteiger partial charge in [0.15, 0.2) is 0 Å². The van der Waals surface area contributed by atoms with E-state index in [1.807, 2.05) is 19.2 Å². The van der Waals surface area contributed by atoms with Crippen LogP contribution in [0.3, 0.4) is 0 Å². The summed E-state index contributed by atoms with van der Waals surface area (Å²) in [7, 11) is -0.240. The zero-order valence-electron chi connectivity index (χ0n) is 14.8. The van der Waals surface area contributed by atoms with E-state index in [9.17, 15) is 14.3 Å². The summed E-state index contributed by atoms with van der Waals surface area (Å²) in [5.74, 6) is -0.927. The van der Waals surface area contributed by atoms with Crippen molar-refractivity contribution in [2.24, 2.45) is 0 Å². The minimum Gasteiger partial charge on any atom is -0.478 e. The van der Waals surface area contributed by atoms with E-state index in [0.29, 0.717) is 19.6 Å². The van der Waals surface area contributed by atoms with E-state index < -0.39 is 14.0 Å². The third kappa shape index (κ3) is 5.58. The van der Waals surface area contributed by atoms with E-state index in [-0.39, 0.29) is 23.4 Å². The molecule has 1 aromatic rings. The highest BCUT2D eigenvalue weighted by molar-refractivity contribution is 7.39. The number of likely N-dealkylation sites (N-methyl/N-ethyl adjacent to an activating group) is 1. The van der Waals surface area contributed by atoms with Gasteiger partial charge in [0.05, 0.1) is 12.2 Å². The predicted octanol–water partition coefficient (Wildman–Crippen LogP) is 2.92. The molecule has 0 spiro atoms. The molecule has 1 aliphatic rings. The van der Waals surface area contributed by atoms with Gasteiger partial charge in [0, 0.05) is 12.6 Å². The molecule has 2 unspecified atom stereocenters. The Morgan fingerprint density at radius 2 is 2.08 bits per heavy atom. The van der Waals surface area contributed by atoms with Gasteiger partial charge < -0.3 is 9.84 Å². The lowest BCUT2D eigenvalue weighted by molar-refractivity contribution is -0.0559. The van der Waals surface area contributed by atoms with Gasteiger partial charge in [0.25, 0.3) is 0 Å². The van der Waals surface area contributed by atoms with Gasteiger partial charge in [-0.2, -0.15) is 4.89 Å². The van der Waals surface area contributed by atoms with E-state index in [1.165, 1.54) is 0 Å². The van der Waals surface area contributed by atoms with Gasteiger partial charge in [0.2, 0.25) is 5.66 Å². The van der Waals surface area contributed by atoms with E-state index in [4.69, 9.17) is 9.84 Å². The van der Waals surface area contributed by atoms with Crippen LogP contribution in [0.5, 0.6) is 0 Å². The van der Waals surface area contributed by atoms with Crippen molar-refractivity contribution in [1.29, 1.82) is 0 Å². The maximum Gasteiger partial charge on any atom is 0.511 e. The van der Waals surface area contributed by atoms with Crippen molar-refractivity contribution < 1.29 is 24.1 Å². The highest BCUT2D eigenvalue weighted by Gasteiger charge is 2.41.